The van der Waals surface area contributed by atoms with Gasteiger partial charge in [-0.1, -0.05) is 60.7 Å². The van der Waals surface area contributed by atoms with E-state index in [-0.39, 0.29) is 89.2 Å². The fourth-order valence-corrected chi connectivity index (χ4v) is 7.13. The molecule has 426 valence electrons. The summed E-state index contributed by atoms with van der Waals surface area (Å²) < 4.78 is 0. The van der Waals surface area contributed by atoms with Crippen molar-refractivity contribution in [3.05, 3.63) is 71.8 Å². The number of amides is 8. The van der Waals surface area contributed by atoms with E-state index >= 15 is 0 Å². The Morgan fingerprint density at radius 2 is 0.744 bits per heavy atom. The number of hydrogen-bond donors (Lipinski definition) is 16. The van der Waals surface area contributed by atoms with Gasteiger partial charge in [-0.3, -0.25) is 57.9 Å². The number of nitrogens with one attached hydrogen (secondary N) is 8. The second-order valence-electron chi connectivity index (χ2n) is 17.4. The minimum Gasteiger partial charge on any atom is -0.481 e. The van der Waals surface area contributed by atoms with Gasteiger partial charge in [-0.15, -0.1) is 0 Å². The van der Waals surface area contributed by atoms with E-state index in [1.807, 2.05) is 0 Å². The number of unbranched alkanes of at least 4 members (excludes halogenated alkanes) is 1. The molecule has 0 aliphatic carbocycles. The molecular weight excluding hydrogens is 1030 g/mol. The first kappa shape index (κ1) is 64.7. The van der Waals surface area contributed by atoms with E-state index in [4.69, 9.17) is 22.9 Å². The molecule has 0 radical (unpaired) electrons. The normalized spacial score (nSPS) is 12.9. The molecule has 0 spiro atoms. The van der Waals surface area contributed by atoms with Gasteiger partial charge in [-0.2, -0.15) is 0 Å². The molecule has 0 saturated carbocycles. The minimum atomic E-state index is -1.75. The fraction of sp³-hybridized carbons (Fsp3) is 0.458. The van der Waals surface area contributed by atoms with Gasteiger partial charge in [0.1, 0.15) is 36.3 Å². The van der Waals surface area contributed by atoms with Crippen molar-refractivity contribution < 1.29 is 78.0 Å². The Bertz CT molecular complexity index is 2290. The van der Waals surface area contributed by atoms with E-state index in [2.05, 4.69) is 52.5 Å². The number of benzene rings is 2. The third kappa shape index (κ3) is 27.8. The van der Waals surface area contributed by atoms with Crippen molar-refractivity contribution in [3.63, 3.8) is 0 Å². The van der Waals surface area contributed by atoms with E-state index in [1.54, 1.807) is 60.7 Å². The van der Waals surface area contributed by atoms with Gasteiger partial charge in [0.05, 0.1) is 25.9 Å². The number of carbonyl (C=O) groups excluding carboxylic acids is 8. The lowest BCUT2D eigenvalue weighted by Gasteiger charge is -2.21. The Balaban J connectivity index is 2.02. The molecule has 20 N–H and O–H groups in total. The van der Waals surface area contributed by atoms with Gasteiger partial charge in [0.2, 0.25) is 47.3 Å². The highest BCUT2D eigenvalue weighted by Gasteiger charge is 2.31. The Hall–Kier alpha value is -9.38. The summed E-state index contributed by atoms with van der Waals surface area (Å²) >= 11 is 0. The molecule has 2 aromatic carbocycles. The Kier molecular flexibility index (Phi) is 29.0. The van der Waals surface area contributed by atoms with Crippen molar-refractivity contribution in [2.24, 2.45) is 32.9 Å². The number of carbonyl (C=O) groups is 12. The highest BCUT2D eigenvalue weighted by Crippen LogP contribution is 2.09. The van der Waals surface area contributed by atoms with Crippen LogP contribution in [0.2, 0.25) is 0 Å². The van der Waals surface area contributed by atoms with Gasteiger partial charge in [0, 0.05) is 38.8 Å². The fourth-order valence-electron chi connectivity index (χ4n) is 7.13. The molecule has 0 aliphatic rings. The molecule has 30 nitrogen and oxygen atoms in total. The number of aliphatic imine (C=N–C) groups is 2. The quantitative estimate of drug-likeness (QED) is 0.0172. The van der Waals surface area contributed by atoms with E-state index in [0.717, 1.165) is 0 Å². The van der Waals surface area contributed by atoms with Crippen molar-refractivity contribution in [2.75, 3.05) is 26.2 Å². The number of nitrogens with two attached hydrogens (primary N) is 4. The van der Waals surface area contributed by atoms with Crippen LogP contribution in [0.5, 0.6) is 0 Å². The van der Waals surface area contributed by atoms with Crippen molar-refractivity contribution in [3.8, 4) is 0 Å². The van der Waals surface area contributed by atoms with Crippen LogP contribution in [0.1, 0.15) is 75.3 Å². The maximum atomic E-state index is 13.3. The van der Waals surface area contributed by atoms with E-state index in [1.165, 1.54) is 0 Å². The molecule has 2 aromatic rings. The second-order valence-corrected chi connectivity index (χ2v) is 17.4. The molecule has 30 heteroatoms. The van der Waals surface area contributed by atoms with E-state index < -0.39 is 133 Å². The van der Waals surface area contributed by atoms with Crippen LogP contribution in [0.25, 0.3) is 0 Å². The maximum Gasteiger partial charge on any atom is 0.326 e. The molecule has 2 rings (SSSR count). The zero-order chi connectivity index (χ0) is 58.2. The third-order valence-electron chi connectivity index (χ3n) is 11.0. The topological polar surface area (TPSA) is 511 Å². The SMILES string of the molecule is NC(N)=NCCC[C@H](NC(=O)CCCCC(=O)N[C@H](CCCN=C(N)N)C(=O)NCC(=O)N[C@H](CC(=O)O)C(=O)N[C@H](Cc1ccccc1)C(=O)O)C(=O)NCC(=O)N[C@@H](CC(=O)O)C(=O)N[C@@H](Cc1ccccc1)C(=O)O. The number of guanidine groups is 2. The van der Waals surface area contributed by atoms with Gasteiger partial charge < -0.3 is 85.9 Å². The monoisotopic (exact) mass is 1100 g/mol. The average Bonchev–Trinajstić information content (AvgIpc) is 3.37. The van der Waals surface area contributed by atoms with Crippen LogP contribution < -0.4 is 65.5 Å². The molecule has 0 aromatic heterocycles. The lowest BCUT2D eigenvalue weighted by atomic mass is 10.1. The van der Waals surface area contributed by atoms with Crippen molar-refractivity contribution >= 4 is 83.1 Å². The summed E-state index contributed by atoms with van der Waals surface area (Å²) in [4.78, 5) is 159. The second kappa shape index (κ2) is 35.0. The van der Waals surface area contributed by atoms with Crippen molar-refractivity contribution in [2.45, 2.75) is 113 Å². The molecule has 6 atom stereocenters. The average molecular weight is 1100 g/mol. The molecule has 78 heavy (non-hydrogen) atoms. The third-order valence-corrected chi connectivity index (χ3v) is 11.0. The van der Waals surface area contributed by atoms with Gasteiger partial charge in [0.25, 0.3) is 0 Å². The van der Waals surface area contributed by atoms with Crippen LogP contribution in [-0.4, -0.2) is 166 Å². The van der Waals surface area contributed by atoms with Crippen LogP contribution in [0.15, 0.2) is 70.6 Å². The number of hydrogen-bond acceptors (Lipinski definition) is 14. The summed E-state index contributed by atoms with van der Waals surface area (Å²) in [5.74, 6) is -13.7. The zero-order valence-electron chi connectivity index (χ0n) is 42.4. The molecular formula is C48H68N14O16. The van der Waals surface area contributed by atoms with Crippen LogP contribution in [0.4, 0.5) is 0 Å². The molecule has 0 bridgehead atoms. The predicted octanol–water partition coefficient (Wildman–Crippen LogP) is -4.60. The largest absolute Gasteiger partial charge is 0.481 e. The summed E-state index contributed by atoms with van der Waals surface area (Å²) in [5.41, 5.74) is 22.6. The Morgan fingerprint density at radius 3 is 1.05 bits per heavy atom. The van der Waals surface area contributed by atoms with Gasteiger partial charge in [-0.25, -0.2) is 9.59 Å². The number of nitrogens with zero attached hydrogens (tertiary/aromatic N) is 2. The zero-order valence-corrected chi connectivity index (χ0v) is 42.4. The Morgan fingerprint density at radius 1 is 0.410 bits per heavy atom. The lowest BCUT2D eigenvalue weighted by molar-refractivity contribution is -0.144. The highest BCUT2D eigenvalue weighted by atomic mass is 16.4. The molecule has 0 fully saturated rings. The summed E-state index contributed by atoms with van der Waals surface area (Å²) in [6.07, 6.45) is -2.23. The first-order valence-electron chi connectivity index (χ1n) is 24.3. The van der Waals surface area contributed by atoms with Crippen LogP contribution in [0, 0.1) is 0 Å². The van der Waals surface area contributed by atoms with Crippen LogP contribution in [0.3, 0.4) is 0 Å². The van der Waals surface area contributed by atoms with Gasteiger partial charge >= 0.3 is 23.9 Å². The molecule has 0 heterocycles. The lowest BCUT2D eigenvalue weighted by Crippen LogP contribution is -2.55. The van der Waals surface area contributed by atoms with E-state index in [0.29, 0.717) is 11.1 Å². The van der Waals surface area contributed by atoms with Crippen LogP contribution >= 0.6 is 0 Å². The van der Waals surface area contributed by atoms with Gasteiger partial charge in [0.15, 0.2) is 11.9 Å². The summed E-state index contributed by atoms with van der Waals surface area (Å²) in [6.45, 7) is -1.51. The van der Waals surface area contributed by atoms with E-state index in [9.17, 15) is 78.0 Å². The first-order chi connectivity index (χ1) is 36.9. The molecule has 0 aliphatic heterocycles. The summed E-state index contributed by atoms with van der Waals surface area (Å²) in [5, 5.41) is 56.7. The maximum absolute atomic E-state index is 13.3. The van der Waals surface area contributed by atoms with Crippen LogP contribution in [-0.2, 0) is 70.4 Å². The summed E-state index contributed by atoms with van der Waals surface area (Å²) in [7, 11) is 0. The first-order valence-corrected chi connectivity index (χ1v) is 24.3. The van der Waals surface area contributed by atoms with Crippen molar-refractivity contribution in [1.82, 2.24) is 42.5 Å². The summed E-state index contributed by atoms with van der Waals surface area (Å²) in [6, 6.07) is 7.49. The predicted molar refractivity (Wildman–Crippen MR) is 276 cm³/mol. The van der Waals surface area contributed by atoms with Gasteiger partial charge in [-0.05, 0) is 49.7 Å². The Labute approximate surface area is 446 Å². The number of carboxylic acid groups (broad SMARTS) is 4. The van der Waals surface area contributed by atoms with Crippen molar-refractivity contribution in [1.29, 1.82) is 0 Å². The molecule has 8 amide bonds. The molecule has 0 unspecified atom stereocenters. The smallest absolute Gasteiger partial charge is 0.326 e. The number of carboxylic acids is 4. The number of aliphatic carboxylic acids is 4. The number of rotatable bonds is 37. The highest BCUT2D eigenvalue weighted by molar-refractivity contribution is 5.96. The minimum absolute atomic E-state index is 0.0457. The standard InChI is InChI=1S/C48H68N14O16/c49-47(50)53-19-9-15-29(41(71)55-25-37(65)59-31(23-39(67)68)43(73)61-33(45(75)76)21-27-11-3-1-4-12-27)57-35(63)17-7-8-18-36(64)58-30(16-10-20-54-48(51)52)42(72)56-26-38(66)60-32(24-40(69)70)44(74)62-34(46(77)78)22-28-13-5-2-6-14-28/h1-6,11-14,29-34H,7-10,15-26H2,(H,55,71)(H,56,72)(H,57,63)(H,58,64)(H,59,65)(H,60,66)(H,61,73)(H,62,74)(H,67,68)(H,69,70)(H,75,76)(H,77,78)(H4,49,50,53)(H4,51,52,54)/t29-,30+,31-,32+,33-,34+. The molecule has 0 saturated heterocycles.